The molecule has 0 radical (unpaired) electrons. The second-order valence-corrected chi connectivity index (χ2v) is 4.79. The highest BCUT2D eigenvalue weighted by Crippen LogP contribution is 2.18. The fourth-order valence-electron chi connectivity index (χ4n) is 2.26. The van der Waals surface area contributed by atoms with Gasteiger partial charge in [-0.2, -0.15) is 5.10 Å². The van der Waals surface area contributed by atoms with Gasteiger partial charge in [0.05, 0.1) is 5.69 Å². The smallest absolute Gasteiger partial charge is 0.157 e. The van der Waals surface area contributed by atoms with Gasteiger partial charge in [-0.05, 0) is 52.8 Å². The summed E-state index contributed by atoms with van der Waals surface area (Å²) in [5.41, 5.74) is 4.54. The summed E-state index contributed by atoms with van der Waals surface area (Å²) in [6.07, 6.45) is 3.75. The van der Waals surface area contributed by atoms with E-state index < -0.39 is 0 Å². The van der Waals surface area contributed by atoms with Gasteiger partial charge in [-0.3, -0.25) is 0 Å². The van der Waals surface area contributed by atoms with Crippen LogP contribution in [-0.4, -0.2) is 33.3 Å². The van der Waals surface area contributed by atoms with Gasteiger partial charge in [-0.25, -0.2) is 14.6 Å². The van der Waals surface area contributed by atoms with E-state index in [-0.39, 0.29) is 0 Å². The number of rotatable bonds is 5. The molecule has 0 aliphatic rings. The molecule has 5 heteroatoms. The molecule has 2 rings (SSSR count). The Balaban J connectivity index is 2.30. The molecule has 0 spiro atoms. The number of nitrogens with zero attached hydrogens (tertiary/aromatic N) is 4. The molecular weight excluding hydrogens is 238 g/mol. The third kappa shape index (κ3) is 2.98. The standard InChI is InChI=1S/C14H21N5/c1-10-8-14(17-9-16-10)19-12(3)13(11(2)18-19)6-5-7-15-4/h8-9,15H,5-7H2,1-4H3. The maximum atomic E-state index is 4.61. The number of nitrogens with one attached hydrogen (secondary N) is 1. The highest BCUT2D eigenvalue weighted by Gasteiger charge is 2.13. The molecule has 19 heavy (non-hydrogen) atoms. The van der Waals surface area contributed by atoms with E-state index in [1.165, 1.54) is 11.3 Å². The van der Waals surface area contributed by atoms with Crippen molar-refractivity contribution in [1.29, 1.82) is 0 Å². The quantitative estimate of drug-likeness (QED) is 0.831. The molecule has 0 bridgehead atoms. The fraction of sp³-hybridized carbons (Fsp3) is 0.500. The summed E-state index contributed by atoms with van der Waals surface area (Å²) in [6, 6.07) is 1.96. The van der Waals surface area contributed by atoms with Gasteiger partial charge < -0.3 is 5.32 Å². The zero-order valence-electron chi connectivity index (χ0n) is 12.1. The molecule has 1 N–H and O–H groups in total. The first-order chi connectivity index (χ1) is 9.13. The molecule has 0 aliphatic heterocycles. The Kier molecular flexibility index (Phi) is 4.27. The van der Waals surface area contributed by atoms with E-state index in [1.807, 2.05) is 24.7 Å². The third-order valence-electron chi connectivity index (χ3n) is 3.30. The molecule has 0 saturated heterocycles. The summed E-state index contributed by atoms with van der Waals surface area (Å²) in [5.74, 6) is 0.841. The lowest BCUT2D eigenvalue weighted by molar-refractivity contribution is 0.720. The Morgan fingerprint density at radius 3 is 2.68 bits per heavy atom. The lowest BCUT2D eigenvalue weighted by atomic mass is 10.1. The highest BCUT2D eigenvalue weighted by atomic mass is 15.3. The van der Waals surface area contributed by atoms with Crippen molar-refractivity contribution >= 4 is 0 Å². The molecule has 0 saturated carbocycles. The van der Waals surface area contributed by atoms with Crippen LogP contribution in [0.4, 0.5) is 0 Å². The van der Waals surface area contributed by atoms with Crippen molar-refractivity contribution in [2.75, 3.05) is 13.6 Å². The predicted molar refractivity (Wildman–Crippen MR) is 75.6 cm³/mol. The molecule has 0 unspecified atom stereocenters. The second kappa shape index (κ2) is 5.93. The molecule has 102 valence electrons. The van der Waals surface area contributed by atoms with Gasteiger partial charge in [-0.1, -0.05) is 0 Å². The van der Waals surface area contributed by atoms with E-state index in [0.29, 0.717) is 0 Å². The van der Waals surface area contributed by atoms with Gasteiger partial charge in [0, 0.05) is 17.5 Å². The van der Waals surface area contributed by atoms with Gasteiger partial charge in [0.25, 0.3) is 0 Å². The van der Waals surface area contributed by atoms with Crippen molar-refractivity contribution in [3.63, 3.8) is 0 Å². The number of hydrogen-bond donors (Lipinski definition) is 1. The summed E-state index contributed by atoms with van der Waals surface area (Å²) < 4.78 is 1.92. The normalized spacial score (nSPS) is 10.9. The lowest BCUT2D eigenvalue weighted by Crippen LogP contribution is -2.09. The van der Waals surface area contributed by atoms with Crippen LogP contribution in [0, 0.1) is 20.8 Å². The zero-order chi connectivity index (χ0) is 13.8. The Morgan fingerprint density at radius 1 is 1.21 bits per heavy atom. The SMILES string of the molecule is CNCCCc1c(C)nn(-c2cc(C)ncn2)c1C. The van der Waals surface area contributed by atoms with Crippen molar-refractivity contribution in [3.05, 3.63) is 35.0 Å². The predicted octanol–water partition coefficient (Wildman–Crippen LogP) is 1.74. The first-order valence-electron chi connectivity index (χ1n) is 6.62. The summed E-state index contributed by atoms with van der Waals surface area (Å²) in [5, 5.41) is 7.78. The first kappa shape index (κ1) is 13.7. The number of hydrogen-bond acceptors (Lipinski definition) is 4. The average molecular weight is 259 g/mol. The van der Waals surface area contributed by atoms with Crippen molar-refractivity contribution in [1.82, 2.24) is 25.1 Å². The van der Waals surface area contributed by atoms with Crippen LogP contribution < -0.4 is 5.32 Å². The van der Waals surface area contributed by atoms with E-state index in [9.17, 15) is 0 Å². The Bertz CT molecular complexity index is 559. The van der Waals surface area contributed by atoms with Gasteiger partial charge in [0.1, 0.15) is 6.33 Å². The molecule has 0 amide bonds. The molecule has 0 aliphatic carbocycles. The summed E-state index contributed by atoms with van der Waals surface area (Å²) >= 11 is 0. The van der Waals surface area contributed by atoms with Crippen LogP contribution in [-0.2, 0) is 6.42 Å². The molecule has 5 nitrogen and oxygen atoms in total. The molecule has 0 fully saturated rings. The van der Waals surface area contributed by atoms with E-state index in [4.69, 9.17) is 0 Å². The van der Waals surface area contributed by atoms with Crippen LogP contribution in [0.3, 0.4) is 0 Å². The highest BCUT2D eigenvalue weighted by molar-refractivity contribution is 5.32. The minimum atomic E-state index is 0.841. The Morgan fingerprint density at radius 2 is 2.00 bits per heavy atom. The lowest BCUT2D eigenvalue weighted by Gasteiger charge is -2.05. The molecule has 0 atom stereocenters. The van der Waals surface area contributed by atoms with Gasteiger partial charge in [-0.15, -0.1) is 0 Å². The van der Waals surface area contributed by atoms with Gasteiger partial charge >= 0.3 is 0 Å². The van der Waals surface area contributed by atoms with E-state index >= 15 is 0 Å². The maximum Gasteiger partial charge on any atom is 0.157 e. The Labute approximate surface area is 114 Å². The van der Waals surface area contributed by atoms with Gasteiger partial charge in [0.2, 0.25) is 0 Å². The fourth-order valence-corrected chi connectivity index (χ4v) is 2.26. The van der Waals surface area contributed by atoms with Crippen LogP contribution >= 0.6 is 0 Å². The molecule has 2 aromatic rings. The molecule has 2 aromatic heterocycles. The summed E-state index contributed by atoms with van der Waals surface area (Å²) in [6.45, 7) is 7.15. The molecular formula is C14H21N5. The monoisotopic (exact) mass is 259 g/mol. The number of aryl methyl sites for hydroxylation is 2. The largest absolute Gasteiger partial charge is 0.320 e. The zero-order valence-corrected chi connectivity index (χ0v) is 12.1. The first-order valence-corrected chi connectivity index (χ1v) is 6.62. The van der Waals surface area contributed by atoms with Gasteiger partial charge in [0.15, 0.2) is 5.82 Å². The van der Waals surface area contributed by atoms with Crippen LogP contribution in [0.2, 0.25) is 0 Å². The Hall–Kier alpha value is -1.75. The average Bonchev–Trinajstić information content (AvgIpc) is 2.67. The topological polar surface area (TPSA) is 55.6 Å². The summed E-state index contributed by atoms with van der Waals surface area (Å²) in [7, 11) is 1.98. The van der Waals surface area contributed by atoms with Crippen molar-refractivity contribution in [2.24, 2.45) is 0 Å². The van der Waals surface area contributed by atoms with Crippen LogP contribution in [0.15, 0.2) is 12.4 Å². The van der Waals surface area contributed by atoms with Crippen LogP contribution in [0.5, 0.6) is 0 Å². The maximum absolute atomic E-state index is 4.61. The van der Waals surface area contributed by atoms with Crippen molar-refractivity contribution in [2.45, 2.75) is 33.6 Å². The van der Waals surface area contributed by atoms with Crippen LogP contribution in [0.1, 0.15) is 29.1 Å². The summed E-state index contributed by atoms with van der Waals surface area (Å²) in [4.78, 5) is 8.42. The number of aromatic nitrogens is 4. The molecule has 0 aromatic carbocycles. The van der Waals surface area contributed by atoms with Crippen molar-refractivity contribution < 1.29 is 0 Å². The third-order valence-corrected chi connectivity index (χ3v) is 3.30. The van der Waals surface area contributed by atoms with E-state index in [1.54, 1.807) is 6.33 Å². The minimum absolute atomic E-state index is 0.841. The minimum Gasteiger partial charge on any atom is -0.320 e. The van der Waals surface area contributed by atoms with E-state index in [2.05, 4.69) is 34.2 Å². The van der Waals surface area contributed by atoms with Crippen molar-refractivity contribution in [3.8, 4) is 5.82 Å². The van der Waals surface area contributed by atoms with Crippen LogP contribution in [0.25, 0.3) is 5.82 Å². The van der Waals surface area contributed by atoms with E-state index in [0.717, 1.165) is 36.6 Å². The second-order valence-electron chi connectivity index (χ2n) is 4.79. The molecule has 2 heterocycles.